The normalized spacial score (nSPS) is 25.3. The molecule has 2 heteroatoms. The van der Waals surface area contributed by atoms with E-state index >= 15 is 0 Å². The lowest BCUT2D eigenvalue weighted by Gasteiger charge is -2.24. The van der Waals surface area contributed by atoms with E-state index in [1.165, 1.54) is 57.9 Å². The first kappa shape index (κ1) is 12.4. The lowest BCUT2D eigenvalue weighted by molar-refractivity contribution is 0.314. The molecule has 2 nitrogen and oxygen atoms in total. The number of hydrogen-bond donors (Lipinski definition) is 2. The van der Waals surface area contributed by atoms with Crippen molar-refractivity contribution in [2.45, 2.75) is 64.3 Å². The lowest BCUT2D eigenvalue weighted by Crippen LogP contribution is -2.37. The second-order valence-electron chi connectivity index (χ2n) is 6.13. The van der Waals surface area contributed by atoms with Gasteiger partial charge < -0.3 is 10.6 Å². The Kier molecular flexibility index (Phi) is 4.66. The van der Waals surface area contributed by atoms with Gasteiger partial charge in [0.15, 0.2) is 0 Å². The van der Waals surface area contributed by atoms with Gasteiger partial charge in [0, 0.05) is 25.7 Å². The summed E-state index contributed by atoms with van der Waals surface area (Å²) in [5.41, 5.74) is 0.605. The molecule has 0 amide bonds. The van der Waals surface area contributed by atoms with E-state index in [1.54, 1.807) is 0 Å². The van der Waals surface area contributed by atoms with E-state index in [0.29, 0.717) is 5.41 Å². The number of rotatable bonds is 6. The van der Waals surface area contributed by atoms with Crippen LogP contribution in [0.2, 0.25) is 0 Å². The van der Waals surface area contributed by atoms with Gasteiger partial charge in [-0.1, -0.05) is 32.6 Å². The second-order valence-corrected chi connectivity index (χ2v) is 6.13. The Morgan fingerprint density at radius 2 is 1.69 bits per heavy atom. The highest BCUT2D eigenvalue weighted by Crippen LogP contribution is 2.36. The molecule has 0 spiro atoms. The Balaban J connectivity index is 1.48. The Bertz CT molecular complexity index is 191. The largest absolute Gasteiger partial charge is 0.315 e. The molecular formula is C14H28N2. The van der Waals surface area contributed by atoms with Crippen LogP contribution in [0, 0.1) is 5.41 Å². The van der Waals surface area contributed by atoms with Crippen LogP contribution in [0.1, 0.15) is 58.3 Å². The van der Waals surface area contributed by atoms with Crippen molar-refractivity contribution in [1.29, 1.82) is 0 Å². The molecule has 0 aliphatic heterocycles. The van der Waals surface area contributed by atoms with E-state index in [9.17, 15) is 0 Å². The summed E-state index contributed by atoms with van der Waals surface area (Å²) in [5.74, 6) is 0. The first-order chi connectivity index (χ1) is 7.79. The molecule has 16 heavy (non-hydrogen) atoms. The highest BCUT2D eigenvalue weighted by molar-refractivity contribution is 4.82. The van der Waals surface area contributed by atoms with Crippen molar-refractivity contribution >= 4 is 0 Å². The number of hydrogen-bond acceptors (Lipinski definition) is 2. The van der Waals surface area contributed by atoms with Gasteiger partial charge in [-0.25, -0.2) is 0 Å². The summed E-state index contributed by atoms with van der Waals surface area (Å²) in [6.45, 7) is 5.96. The molecule has 2 aliphatic rings. The molecule has 0 unspecified atom stereocenters. The van der Waals surface area contributed by atoms with E-state index in [4.69, 9.17) is 0 Å². The summed E-state index contributed by atoms with van der Waals surface area (Å²) in [4.78, 5) is 0. The zero-order chi connectivity index (χ0) is 11.3. The van der Waals surface area contributed by atoms with E-state index in [0.717, 1.165) is 19.1 Å². The molecular weight excluding hydrogens is 196 g/mol. The average Bonchev–Trinajstić information content (AvgIpc) is 2.89. The molecule has 2 aliphatic carbocycles. The molecule has 2 N–H and O–H groups in total. The molecule has 2 saturated carbocycles. The van der Waals surface area contributed by atoms with Crippen molar-refractivity contribution < 1.29 is 0 Å². The molecule has 0 saturated heterocycles. The fourth-order valence-corrected chi connectivity index (χ4v) is 3.29. The van der Waals surface area contributed by atoms with Crippen LogP contribution in [0.15, 0.2) is 0 Å². The Labute approximate surface area is 101 Å². The monoisotopic (exact) mass is 224 g/mol. The van der Waals surface area contributed by atoms with Gasteiger partial charge in [0.1, 0.15) is 0 Å². The van der Waals surface area contributed by atoms with E-state index in [2.05, 4.69) is 17.6 Å². The lowest BCUT2D eigenvalue weighted by atomic mass is 9.89. The summed E-state index contributed by atoms with van der Waals surface area (Å²) in [5, 5.41) is 7.29. The van der Waals surface area contributed by atoms with Crippen molar-refractivity contribution in [3.8, 4) is 0 Å². The highest BCUT2D eigenvalue weighted by atomic mass is 15.0. The van der Waals surface area contributed by atoms with Crippen LogP contribution in [-0.2, 0) is 0 Å². The fourth-order valence-electron chi connectivity index (χ4n) is 3.29. The smallest absolute Gasteiger partial charge is 0.00793 e. The molecule has 0 aromatic carbocycles. The first-order valence-electron chi connectivity index (χ1n) is 7.23. The van der Waals surface area contributed by atoms with Crippen LogP contribution < -0.4 is 10.6 Å². The molecule has 0 aromatic heterocycles. The molecule has 2 rings (SSSR count). The van der Waals surface area contributed by atoms with Crippen molar-refractivity contribution in [2.24, 2.45) is 5.41 Å². The van der Waals surface area contributed by atoms with Crippen LogP contribution >= 0.6 is 0 Å². The fraction of sp³-hybridized carbons (Fsp3) is 1.00. The van der Waals surface area contributed by atoms with Gasteiger partial charge >= 0.3 is 0 Å². The molecule has 94 valence electrons. The van der Waals surface area contributed by atoms with Gasteiger partial charge in [0.2, 0.25) is 0 Å². The summed E-state index contributed by atoms with van der Waals surface area (Å²) < 4.78 is 0. The van der Waals surface area contributed by atoms with Crippen molar-refractivity contribution in [1.82, 2.24) is 10.6 Å². The van der Waals surface area contributed by atoms with Gasteiger partial charge in [0.05, 0.1) is 0 Å². The van der Waals surface area contributed by atoms with Crippen LogP contribution in [0.5, 0.6) is 0 Å². The van der Waals surface area contributed by atoms with E-state index < -0.39 is 0 Å². The summed E-state index contributed by atoms with van der Waals surface area (Å²) >= 11 is 0. The minimum absolute atomic E-state index is 0.605. The predicted octanol–water partition coefficient (Wildman–Crippen LogP) is 2.69. The van der Waals surface area contributed by atoms with E-state index in [1.807, 2.05) is 0 Å². The summed E-state index contributed by atoms with van der Waals surface area (Å²) in [6.07, 6.45) is 11.4. The third-order valence-electron chi connectivity index (χ3n) is 4.45. The Hall–Kier alpha value is -0.0800. The molecule has 0 radical (unpaired) electrons. The van der Waals surface area contributed by atoms with Gasteiger partial charge in [0.25, 0.3) is 0 Å². The van der Waals surface area contributed by atoms with Crippen molar-refractivity contribution in [3.63, 3.8) is 0 Å². The molecule has 0 heterocycles. The number of nitrogens with one attached hydrogen (secondary N) is 2. The summed E-state index contributed by atoms with van der Waals surface area (Å²) in [6, 6.07) is 0.823. The maximum absolute atomic E-state index is 3.66. The van der Waals surface area contributed by atoms with Gasteiger partial charge in [-0.2, -0.15) is 0 Å². The molecule has 0 atom stereocenters. The van der Waals surface area contributed by atoms with E-state index in [-0.39, 0.29) is 0 Å². The van der Waals surface area contributed by atoms with Crippen LogP contribution in [0.3, 0.4) is 0 Å². The molecule has 0 bridgehead atoms. The minimum atomic E-state index is 0.605. The van der Waals surface area contributed by atoms with Crippen LogP contribution in [0.25, 0.3) is 0 Å². The minimum Gasteiger partial charge on any atom is -0.315 e. The zero-order valence-corrected chi connectivity index (χ0v) is 10.9. The topological polar surface area (TPSA) is 24.1 Å². The van der Waals surface area contributed by atoms with Gasteiger partial charge in [-0.3, -0.25) is 0 Å². The first-order valence-corrected chi connectivity index (χ1v) is 7.23. The molecule has 2 fully saturated rings. The SMILES string of the molecule is CC1(CNCCNC2CCCC2)CCCC1. The maximum Gasteiger partial charge on any atom is 0.00793 e. The third kappa shape index (κ3) is 3.74. The van der Waals surface area contributed by atoms with Crippen molar-refractivity contribution in [2.75, 3.05) is 19.6 Å². The average molecular weight is 224 g/mol. The van der Waals surface area contributed by atoms with Crippen LogP contribution in [0.4, 0.5) is 0 Å². The quantitative estimate of drug-likeness (QED) is 0.678. The zero-order valence-electron chi connectivity index (χ0n) is 10.9. The summed E-state index contributed by atoms with van der Waals surface area (Å²) in [7, 11) is 0. The molecule has 0 aromatic rings. The third-order valence-corrected chi connectivity index (χ3v) is 4.45. The van der Waals surface area contributed by atoms with Crippen LogP contribution in [-0.4, -0.2) is 25.7 Å². The van der Waals surface area contributed by atoms with Crippen molar-refractivity contribution in [3.05, 3.63) is 0 Å². The standard InChI is InChI=1S/C14H28N2/c1-14(8-4-5-9-14)12-15-10-11-16-13-6-2-3-7-13/h13,15-16H,2-12H2,1H3. The van der Waals surface area contributed by atoms with Gasteiger partial charge in [-0.15, -0.1) is 0 Å². The second kappa shape index (κ2) is 6.02. The highest BCUT2D eigenvalue weighted by Gasteiger charge is 2.27. The Morgan fingerprint density at radius 3 is 2.38 bits per heavy atom. The Morgan fingerprint density at radius 1 is 1.00 bits per heavy atom. The maximum atomic E-state index is 3.66. The van der Waals surface area contributed by atoms with Gasteiger partial charge in [-0.05, 0) is 31.1 Å². The predicted molar refractivity (Wildman–Crippen MR) is 69.7 cm³/mol.